The molecular formula is C27H32ClFN4O4S. The topological polar surface area (TPSA) is 98.6 Å². The number of carbonyl (C=O) groups is 2. The van der Waals surface area contributed by atoms with Gasteiger partial charge in [-0.15, -0.1) is 0 Å². The van der Waals surface area contributed by atoms with Gasteiger partial charge in [-0.3, -0.25) is 14.5 Å². The number of rotatable bonds is 9. The molecule has 2 aromatic rings. The van der Waals surface area contributed by atoms with Gasteiger partial charge in [0.2, 0.25) is 11.8 Å². The zero-order valence-corrected chi connectivity index (χ0v) is 22.6. The predicted molar refractivity (Wildman–Crippen MR) is 143 cm³/mol. The van der Waals surface area contributed by atoms with Crippen molar-refractivity contribution in [2.45, 2.75) is 63.1 Å². The summed E-state index contributed by atoms with van der Waals surface area (Å²) in [4.78, 5) is 29.2. The molecule has 0 unspecified atom stereocenters. The first kappa shape index (κ1) is 27.1. The second-order valence-corrected chi connectivity index (χ2v) is 12.5. The molecule has 1 heterocycles. The molecule has 1 saturated heterocycles. The van der Waals surface area contributed by atoms with Crippen molar-refractivity contribution in [1.82, 2.24) is 14.3 Å². The standard InChI is InChI=1S/C27H32ClFN4O4S/c28-24-12-5-4-11-23(24)25(26(34)30-20-8-2-1-3-9-20)33(22-10-6-7-19(29)17-22)27(35)18-15-21(16-18)31-38(36,37)32-13-14-32/h4-7,10-12,17-18,20-21,25,31H,1-3,8-9,13-16H2,(H,30,34)/t18?,21?,25-/m0/s1. The van der Waals surface area contributed by atoms with E-state index in [0.717, 1.165) is 32.1 Å². The van der Waals surface area contributed by atoms with Gasteiger partial charge in [-0.1, -0.05) is 55.1 Å². The summed E-state index contributed by atoms with van der Waals surface area (Å²) in [6.07, 6.45) is 5.45. The minimum atomic E-state index is -3.54. The van der Waals surface area contributed by atoms with Crippen LogP contribution in [0.1, 0.15) is 56.6 Å². The lowest BCUT2D eigenvalue weighted by Gasteiger charge is -2.40. The fourth-order valence-electron chi connectivity index (χ4n) is 5.33. The van der Waals surface area contributed by atoms with Gasteiger partial charge in [0.1, 0.15) is 11.9 Å². The van der Waals surface area contributed by atoms with Crippen LogP contribution in [0, 0.1) is 11.7 Å². The number of hydrogen-bond acceptors (Lipinski definition) is 4. The van der Waals surface area contributed by atoms with Crippen molar-refractivity contribution in [3.63, 3.8) is 0 Å². The van der Waals surface area contributed by atoms with Crippen molar-refractivity contribution >= 4 is 39.3 Å². The Morgan fingerprint density at radius 2 is 1.71 bits per heavy atom. The molecule has 2 amide bonds. The minimum absolute atomic E-state index is 0.00869. The number of amides is 2. The summed E-state index contributed by atoms with van der Waals surface area (Å²) in [5.41, 5.74) is 0.685. The van der Waals surface area contributed by atoms with Gasteiger partial charge in [-0.2, -0.15) is 17.4 Å². The van der Waals surface area contributed by atoms with E-state index in [1.165, 1.54) is 27.4 Å². The molecule has 1 atom stereocenters. The number of anilines is 1. The quantitative estimate of drug-likeness (QED) is 0.452. The number of carbonyl (C=O) groups excluding carboxylic acids is 2. The van der Waals surface area contributed by atoms with Crippen LogP contribution in [0.2, 0.25) is 5.02 Å². The van der Waals surface area contributed by atoms with E-state index in [1.54, 1.807) is 30.3 Å². The van der Waals surface area contributed by atoms with Crippen LogP contribution in [0.25, 0.3) is 0 Å². The summed E-state index contributed by atoms with van der Waals surface area (Å²) in [6.45, 7) is 0.987. The minimum Gasteiger partial charge on any atom is -0.351 e. The molecule has 0 radical (unpaired) electrons. The van der Waals surface area contributed by atoms with Crippen LogP contribution in [0.4, 0.5) is 10.1 Å². The highest BCUT2D eigenvalue weighted by Gasteiger charge is 2.45. The van der Waals surface area contributed by atoms with E-state index in [2.05, 4.69) is 10.0 Å². The summed E-state index contributed by atoms with van der Waals surface area (Å²) in [5.74, 6) is -1.82. The molecule has 2 saturated carbocycles. The Bertz CT molecular complexity index is 1290. The normalized spacial score (nSPS) is 22.8. The summed E-state index contributed by atoms with van der Waals surface area (Å²) in [5, 5.41) is 3.44. The molecule has 0 aromatic heterocycles. The smallest absolute Gasteiger partial charge is 0.279 e. The highest BCUT2D eigenvalue weighted by molar-refractivity contribution is 7.87. The first-order valence-corrected chi connectivity index (χ1v) is 15.0. The summed E-state index contributed by atoms with van der Waals surface area (Å²) < 4.78 is 42.9. The maximum absolute atomic E-state index is 14.4. The van der Waals surface area contributed by atoms with E-state index in [0.29, 0.717) is 23.7 Å². The van der Waals surface area contributed by atoms with Crippen molar-refractivity contribution in [2.24, 2.45) is 5.92 Å². The van der Waals surface area contributed by atoms with E-state index in [4.69, 9.17) is 11.6 Å². The molecular weight excluding hydrogens is 531 g/mol. The Morgan fingerprint density at radius 1 is 1.00 bits per heavy atom. The Balaban J connectivity index is 1.45. The zero-order valence-electron chi connectivity index (χ0n) is 21.0. The molecule has 204 valence electrons. The lowest BCUT2D eigenvalue weighted by molar-refractivity contribution is -0.130. The lowest BCUT2D eigenvalue weighted by atomic mass is 9.79. The predicted octanol–water partition coefficient (Wildman–Crippen LogP) is 3.93. The largest absolute Gasteiger partial charge is 0.351 e. The Morgan fingerprint density at radius 3 is 2.37 bits per heavy atom. The monoisotopic (exact) mass is 562 g/mol. The third-order valence-corrected chi connectivity index (χ3v) is 9.55. The maximum atomic E-state index is 14.4. The van der Waals surface area contributed by atoms with Crippen molar-refractivity contribution in [2.75, 3.05) is 18.0 Å². The number of nitrogens with one attached hydrogen (secondary N) is 2. The van der Waals surface area contributed by atoms with Crippen molar-refractivity contribution in [1.29, 1.82) is 0 Å². The molecule has 3 fully saturated rings. The number of halogens is 2. The summed E-state index contributed by atoms with van der Waals surface area (Å²) in [7, 11) is -3.54. The Kier molecular flexibility index (Phi) is 8.04. The van der Waals surface area contributed by atoms with E-state index in [-0.39, 0.29) is 42.4 Å². The molecule has 38 heavy (non-hydrogen) atoms. The van der Waals surface area contributed by atoms with Crippen LogP contribution in [-0.2, 0) is 19.8 Å². The fraction of sp³-hybridized carbons (Fsp3) is 0.481. The molecule has 2 aliphatic carbocycles. The third-order valence-electron chi connectivity index (χ3n) is 7.53. The van der Waals surface area contributed by atoms with Crippen molar-refractivity contribution in [3.05, 3.63) is 64.9 Å². The van der Waals surface area contributed by atoms with E-state index in [9.17, 15) is 22.4 Å². The van der Waals surface area contributed by atoms with Crippen LogP contribution < -0.4 is 14.9 Å². The summed E-state index contributed by atoms with van der Waals surface area (Å²) in [6, 6.07) is 11.0. The first-order valence-electron chi connectivity index (χ1n) is 13.1. The highest BCUT2D eigenvalue weighted by atomic mass is 35.5. The maximum Gasteiger partial charge on any atom is 0.279 e. The van der Waals surface area contributed by atoms with Gasteiger partial charge < -0.3 is 5.32 Å². The number of hydrogen-bond donors (Lipinski definition) is 2. The average molecular weight is 563 g/mol. The highest BCUT2D eigenvalue weighted by Crippen LogP contribution is 2.38. The van der Waals surface area contributed by atoms with Gasteiger partial charge in [-0.25, -0.2) is 4.39 Å². The molecule has 11 heteroatoms. The Labute approximate surface area is 227 Å². The molecule has 0 spiro atoms. The van der Waals surface area contributed by atoms with Gasteiger partial charge in [0.15, 0.2) is 0 Å². The zero-order chi connectivity index (χ0) is 26.9. The molecule has 2 aromatic carbocycles. The fourth-order valence-corrected chi connectivity index (χ4v) is 6.89. The van der Waals surface area contributed by atoms with Crippen LogP contribution in [0.5, 0.6) is 0 Å². The van der Waals surface area contributed by atoms with Crippen molar-refractivity contribution < 1.29 is 22.4 Å². The van der Waals surface area contributed by atoms with Crippen LogP contribution in [0.15, 0.2) is 48.5 Å². The van der Waals surface area contributed by atoms with Crippen molar-refractivity contribution in [3.8, 4) is 0 Å². The van der Waals surface area contributed by atoms with Crippen LogP contribution in [-0.4, -0.2) is 49.7 Å². The van der Waals surface area contributed by atoms with Gasteiger partial charge in [0.25, 0.3) is 10.2 Å². The first-order chi connectivity index (χ1) is 18.2. The molecule has 0 bridgehead atoms. The third kappa shape index (κ3) is 6.03. The lowest BCUT2D eigenvalue weighted by Crippen LogP contribution is -2.54. The molecule has 3 aliphatic rings. The van der Waals surface area contributed by atoms with Gasteiger partial charge in [0, 0.05) is 47.4 Å². The number of nitrogens with zero attached hydrogens (tertiary/aromatic N) is 2. The average Bonchev–Trinajstić information content (AvgIpc) is 3.72. The van der Waals surface area contributed by atoms with E-state index in [1.807, 2.05) is 0 Å². The second kappa shape index (κ2) is 11.3. The summed E-state index contributed by atoms with van der Waals surface area (Å²) >= 11 is 6.56. The number of benzene rings is 2. The molecule has 8 nitrogen and oxygen atoms in total. The molecule has 2 N–H and O–H groups in total. The van der Waals surface area contributed by atoms with Crippen LogP contribution in [0.3, 0.4) is 0 Å². The van der Waals surface area contributed by atoms with E-state index < -0.39 is 28.0 Å². The van der Waals surface area contributed by atoms with E-state index >= 15 is 0 Å². The van der Waals surface area contributed by atoms with Gasteiger partial charge >= 0.3 is 0 Å². The molecule has 1 aliphatic heterocycles. The van der Waals surface area contributed by atoms with Crippen LogP contribution >= 0.6 is 11.6 Å². The second-order valence-electron chi connectivity index (χ2n) is 10.3. The Hall–Kier alpha value is -2.53. The van der Waals surface area contributed by atoms with Gasteiger partial charge in [-0.05, 0) is 49.9 Å². The van der Waals surface area contributed by atoms with Gasteiger partial charge in [0.05, 0.1) is 0 Å². The SMILES string of the molecule is O=C(NC1CCCCC1)[C@H](c1ccccc1Cl)N(C(=O)C1CC(NS(=O)(=O)N2CC2)C1)c1cccc(F)c1. The molecule has 5 rings (SSSR count).